The summed E-state index contributed by atoms with van der Waals surface area (Å²) in [5, 5.41) is 21.8. The number of aromatic amines is 2. The molecule has 0 aliphatic heterocycles. The molecule has 23 heavy (non-hydrogen) atoms. The summed E-state index contributed by atoms with van der Waals surface area (Å²) in [7, 11) is 0. The quantitative estimate of drug-likeness (QED) is 0.641. The van der Waals surface area contributed by atoms with Crippen LogP contribution in [0.4, 0.5) is 11.4 Å². The summed E-state index contributed by atoms with van der Waals surface area (Å²) >= 11 is 0. The van der Waals surface area contributed by atoms with Crippen LogP contribution in [0.2, 0.25) is 0 Å². The molecule has 0 aliphatic rings. The molecule has 0 saturated heterocycles. The van der Waals surface area contributed by atoms with Crippen molar-refractivity contribution in [1.82, 2.24) is 9.97 Å². The minimum atomic E-state index is -1.13. The summed E-state index contributed by atoms with van der Waals surface area (Å²) in [5.74, 6) is 0. The predicted molar refractivity (Wildman–Crippen MR) is 81.1 cm³/mol. The maximum Gasteiger partial charge on any atom is 0.357 e. The molecule has 0 unspecified atom stereocenters. The molecule has 1 aromatic heterocycles. The predicted octanol–water partition coefficient (Wildman–Crippen LogP) is 1.36. The van der Waals surface area contributed by atoms with Crippen LogP contribution in [-0.4, -0.2) is 19.8 Å². The van der Waals surface area contributed by atoms with E-state index >= 15 is 0 Å². The highest BCUT2D eigenvalue weighted by Gasteiger charge is 2.18. The standard InChI is InChI=1S/C13H10N4O6/c1-7-2-3-8(6-10(7)16(20)21)4-5-9-11(17(22)23)12(18)15-13(19)14-9/h2-6H,1H3,(H2,14,15,18,19)/b5-4+. The van der Waals surface area contributed by atoms with Crippen LogP contribution < -0.4 is 11.2 Å². The van der Waals surface area contributed by atoms with Gasteiger partial charge in [0.1, 0.15) is 5.69 Å². The fourth-order valence-electron chi connectivity index (χ4n) is 1.91. The van der Waals surface area contributed by atoms with Crippen LogP contribution in [0.3, 0.4) is 0 Å². The Morgan fingerprint density at radius 2 is 1.74 bits per heavy atom. The van der Waals surface area contributed by atoms with Crippen molar-refractivity contribution in [3.63, 3.8) is 0 Å². The highest BCUT2D eigenvalue weighted by Crippen LogP contribution is 2.21. The van der Waals surface area contributed by atoms with Crippen LogP contribution in [0.25, 0.3) is 12.2 Å². The van der Waals surface area contributed by atoms with Gasteiger partial charge >= 0.3 is 16.9 Å². The van der Waals surface area contributed by atoms with Crippen molar-refractivity contribution in [2.75, 3.05) is 0 Å². The summed E-state index contributed by atoms with van der Waals surface area (Å²) < 4.78 is 0. The van der Waals surface area contributed by atoms with Crippen molar-refractivity contribution >= 4 is 23.5 Å². The number of hydrogen-bond donors (Lipinski definition) is 2. The van der Waals surface area contributed by atoms with E-state index in [2.05, 4.69) is 4.98 Å². The fourth-order valence-corrected chi connectivity index (χ4v) is 1.91. The number of nitro benzene ring substituents is 1. The largest absolute Gasteiger partial charge is 0.357 e. The highest BCUT2D eigenvalue weighted by atomic mass is 16.6. The summed E-state index contributed by atoms with van der Waals surface area (Å²) in [6.45, 7) is 1.57. The molecule has 0 fully saturated rings. The Morgan fingerprint density at radius 3 is 2.35 bits per heavy atom. The van der Waals surface area contributed by atoms with Gasteiger partial charge in [0.2, 0.25) is 0 Å². The van der Waals surface area contributed by atoms with Gasteiger partial charge in [-0.05, 0) is 18.6 Å². The maximum atomic E-state index is 11.5. The molecule has 1 aromatic carbocycles. The Hall–Kier alpha value is -3.56. The zero-order valence-corrected chi connectivity index (χ0v) is 11.7. The van der Waals surface area contributed by atoms with E-state index in [0.29, 0.717) is 11.1 Å². The minimum Gasteiger partial charge on any atom is -0.301 e. The number of rotatable bonds is 4. The number of nitrogens with one attached hydrogen (secondary N) is 2. The molecule has 0 amide bonds. The van der Waals surface area contributed by atoms with Gasteiger partial charge in [0, 0.05) is 11.6 Å². The molecule has 0 aliphatic carbocycles. The lowest BCUT2D eigenvalue weighted by Gasteiger charge is -1.99. The van der Waals surface area contributed by atoms with Crippen LogP contribution >= 0.6 is 0 Å². The molecule has 2 aromatic rings. The Kier molecular flexibility index (Phi) is 4.16. The van der Waals surface area contributed by atoms with E-state index in [0.717, 1.165) is 6.08 Å². The van der Waals surface area contributed by atoms with E-state index in [1.54, 1.807) is 18.0 Å². The molecule has 118 valence electrons. The van der Waals surface area contributed by atoms with Gasteiger partial charge in [0.25, 0.3) is 5.69 Å². The number of hydrogen-bond acceptors (Lipinski definition) is 6. The van der Waals surface area contributed by atoms with Gasteiger partial charge in [0.15, 0.2) is 0 Å². The lowest BCUT2D eigenvalue weighted by atomic mass is 10.1. The zero-order valence-electron chi connectivity index (χ0n) is 11.7. The molecule has 0 bridgehead atoms. The van der Waals surface area contributed by atoms with Crippen LogP contribution in [0, 0.1) is 27.2 Å². The fraction of sp³-hybridized carbons (Fsp3) is 0.0769. The van der Waals surface area contributed by atoms with Gasteiger partial charge in [-0.3, -0.25) is 30.0 Å². The van der Waals surface area contributed by atoms with Gasteiger partial charge in [-0.15, -0.1) is 0 Å². The van der Waals surface area contributed by atoms with E-state index in [4.69, 9.17) is 0 Å². The Labute approximate surface area is 127 Å². The van der Waals surface area contributed by atoms with Crippen molar-refractivity contribution in [2.45, 2.75) is 6.92 Å². The smallest absolute Gasteiger partial charge is 0.301 e. The summed E-state index contributed by atoms with van der Waals surface area (Å²) in [6, 6.07) is 4.37. The molecular weight excluding hydrogens is 308 g/mol. The van der Waals surface area contributed by atoms with E-state index in [1.165, 1.54) is 18.2 Å². The molecular formula is C13H10N4O6. The average Bonchev–Trinajstić information content (AvgIpc) is 2.44. The van der Waals surface area contributed by atoms with Crippen molar-refractivity contribution in [2.24, 2.45) is 0 Å². The Balaban J connectivity index is 2.51. The van der Waals surface area contributed by atoms with E-state index in [-0.39, 0.29) is 11.4 Å². The number of aromatic nitrogens is 2. The lowest BCUT2D eigenvalue weighted by molar-refractivity contribution is -0.386. The van der Waals surface area contributed by atoms with E-state index < -0.39 is 26.8 Å². The highest BCUT2D eigenvalue weighted by molar-refractivity contribution is 5.72. The first-order chi connectivity index (χ1) is 10.8. The van der Waals surface area contributed by atoms with Crippen LogP contribution in [0.1, 0.15) is 16.8 Å². The van der Waals surface area contributed by atoms with E-state index in [1.807, 2.05) is 0 Å². The maximum absolute atomic E-state index is 11.5. The second-order valence-corrected chi connectivity index (χ2v) is 4.56. The number of benzene rings is 1. The second kappa shape index (κ2) is 6.05. The molecule has 2 N–H and O–H groups in total. The first-order valence-electron chi connectivity index (χ1n) is 6.23. The van der Waals surface area contributed by atoms with Crippen molar-refractivity contribution in [3.8, 4) is 0 Å². The molecule has 0 saturated carbocycles. The molecule has 2 rings (SSSR count). The van der Waals surface area contributed by atoms with Crippen LogP contribution in [0.5, 0.6) is 0 Å². The molecule has 10 nitrogen and oxygen atoms in total. The van der Waals surface area contributed by atoms with Gasteiger partial charge in [-0.1, -0.05) is 18.2 Å². The number of nitro groups is 2. The molecule has 0 radical (unpaired) electrons. The Morgan fingerprint density at radius 1 is 1.04 bits per heavy atom. The average molecular weight is 318 g/mol. The number of aryl methyl sites for hydroxylation is 1. The molecule has 0 atom stereocenters. The van der Waals surface area contributed by atoms with Crippen LogP contribution in [-0.2, 0) is 0 Å². The molecule has 10 heteroatoms. The monoisotopic (exact) mass is 318 g/mol. The first-order valence-corrected chi connectivity index (χ1v) is 6.23. The third kappa shape index (κ3) is 3.37. The third-order valence-corrected chi connectivity index (χ3v) is 3.00. The topological polar surface area (TPSA) is 152 Å². The van der Waals surface area contributed by atoms with E-state index in [9.17, 15) is 29.8 Å². The molecule has 0 spiro atoms. The van der Waals surface area contributed by atoms with Gasteiger partial charge in [0.05, 0.1) is 9.85 Å². The van der Waals surface area contributed by atoms with Gasteiger partial charge < -0.3 is 4.98 Å². The molecule has 1 heterocycles. The summed E-state index contributed by atoms with van der Waals surface area (Å²) in [4.78, 5) is 46.9. The lowest BCUT2D eigenvalue weighted by Crippen LogP contribution is -2.25. The number of H-pyrrole nitrogens is 2. The minimum absolute atomic E-state index is 0.110. The van der Waals surface area contributed by atoms with Gasteiger partial charge in [-0.2, -0.15) is 0 Å². The Bertz CT molecular complexity index is 940. The SMILES string of the molecule is Cc1ccc(/C=C/c2[nH]c(=O)[nH]c(=O)c2[N+](=O)[O-])cc1[N+](=O)[O-]. The van der Waals surface area contributed by atoms with Crippen molar-refractivity contribution < 1.29 is 9.85 Å². The normalized spacial score (nSPS) is 10.8. The third-order valence-electron chi connectivity index (χ3n) is 3.00. The first kappa shape index (κ1) is 15.8. The second-order valence-electron chi connectivity index (χ2n) is 4.56. The summed E-state index contributed by atoms with van der Waals surface area (Å²) in [6.07, 6.45) is 2.47. The van der Waals surface area contributed by atoms with Gasteiger partial charge in [-0.25, -0.2) is 4.79 Å². The zero-order chi connectivity index (χ0) is 17.1. The number of nitrogens with zero attached hydrogens (tertiary/aromatic N) is 2. The van der Waals surface area contributed by atoms with Crippen LogP contribution in [0.15, 0.2) is 27.8 Å². The van der Waals surface area contributed by atoms with Crippen molar-refractivity contribution in [1.29, 1.82) is 0 Å². The summed E-state index contributed by atoms with van der Waals surface area (Å²) in [5.41, 5.74) is -2.40. The van der Waals surface area contributed by atoms with Crippen molar-refractivity contribution in [3.05, 3.63) is 76.1 Å².